The number of nitrogens with two attached hydrogens (primary N) is 1. The van der Waals surface area contributed by atoms with E-state index < -0.39 is 6.10 Å². The van der Waals surface area contributed by atoms with Gasteiger partial charge in [0.1, 0.15) is 6.10 Å². The molecule has 2 rings (SSSR count). The van der Waals surface area contributed by atoms with Crippen molar-refractivity contribution >= 4 is 11.6 Å². The van der Waals surface area contributed by atoms with E-state index in [4.69, 9.17) is 19.9 Å². The Morgan fingerprint density at radius 2 is 2.24 bits per heavy atom. The minimum Gasteiger partial charge on any atom is -0.493 e. The molecule has 2 atom stereocenters. The number of nitrogens with one attached hydrogen (secondary N) is 1. The first-order chi connectivity index (χ1) is 10.2. The maximum Gasteiger partial charge on any atom is 0.253 e. The molecule has 21 heavy (non-hydrogen) atoms. The lowest BCUT2D eigenvalue weighted by Gasteiger charge is -2.14. The molecule has 0 saturated carbocycles. The van der Waals surface area contributed by atoms with Gasteiger partial charge in [-0.1, -0.05) is 0 Å². The minimum atomic E-state index is -0.434. The minimum absolute atomic E-state index is 0.0180. The average molecular weight is 294 g/mol. The van der Waals surface area contributed by atoms with E-state index in [1.165, 1.54) is 0 Å². The molecule has 1 fully saturated rings. The van der Waals surface area contributed by atoms with Crippen LogP contribution in [0.1, 0.15) is 19.8 Å². The van der Waals surface area contributed by atoms with Crippen molar-refractivity contribution in [2.75, 3.05) is 25.6 Å². The molecule has 0 radical (unpaired) electrons. The van der Waals surface area contributed by atoms with Gasteiger partial charge in [0.05, 0.1) is 19.8 Å². The molecule has 0 spiro atoms. The van der Waals surface area contributed by atoms with Crippen molar-refractivity contribution in [3.63, 3.8) is 0 Å². The molecule has 1 aliphatic heterocycles. The average Bonchev–Trinajstić information content (AvgIpc) is 2.97. The van der Waals surface area contributed by atoms with Crippen molar-refractivity contribution in [2.24, 2.45) is 5.73 Å². The number of hydrogen-bond acceptors (Lipinski definition) is 5. The molecule has 1 saturated heterocycles. The molecule has 6 heteroatoms. The number of carbonyl (C=O) groups excluding carboxylic acids is 1. The maximum atomic E-state index is 12.2. The van der Waals surface area contributed by atoms with Crippen molar-refractivity contribution in [2.45, 2.75) is 32.0 Å². The van der Waals surface area contributed by atoms with Crippen LogP contribution in [0.2, 0.25) is 0 Å². The number of rotatable bonds is 6. The van der Waals surface area contributed by atoms with E-state index in [-0.39, 0.29) is 12.0 Å². The molecule has 116 valence electrons. The number of carbonyl (C=O) groups is 1. The van der Waals surface area contributed by atoms with Gasteiger partial charge in [-0.3, -0.25) is 4.79 Å². The second-order valence-electron chi connectivity index (χ2n) is 4.85. The van der Waals surface area contributed by atoms with E-state index in [1.54, 1.807) is 25.3 Å². The van der Waals surface area contributed by atoms with Crippen LogP contribution in [-0.2, 0) is 9.53 Å². The quantitative estimate of drug-likeness (QED) is 0.831. The van der Waals surface area contributed by atoms with Crippen LogP contribution in [0.3, 0.4) is 0 Å². The number of amides is 1. The highest BCUT2D eigenvalue weighted by molar-refractivity contribution is 5.94. The van der Waals surface area contributed by atoms with Crippen molar-refractivity contribution in [3.05, 3.63) is 18.2 Å². The van der Waals surface area contributed by atoms with Gasteiger partial charge in [-0.05, 0) is 31.9 Å². The summed E-state index contributed by atoms with van der Waals surface area (Å²) >= 11 is 0. The van der Waals surface area contributed by atoms with Crippen LogP contribution < -0.4 is 20.5 Å². The molecule has 1 aromatic carbocycles. The number of hydrogen-bond donors (Lipinski definition) is 2. The summed E-state index contributed by atoms with van der Waals surface area (Å²) in [5.41, 5.74) is 6.20. The summed E-state index contributed by atoms with van der Waals surface area (Å²) < 4.78 is 16.3. The highest BCUT2D eigenvalue weighted by Gasteiger charge is 2.29. The van der Waals surface area contributed by atoms with Gasteiger partial charge in [-0.25, -0.2) is 0 Å². The van der Waals surface area contributed by atoms with Gasteiger partial charge in [0.15, 0.2) is 11.5 Å². The van der Waals surface area contributed by atoms with E-state index in [0.717, 1.165) is 6.42 Å². The zero-order chi connectivity index (χ0) is 15.2. The zero-order valence-electron chi connectivity index (χ0n) is 12.4. The van der Waals surface area contributed by atoms with Gasteiger partial charge in [-0.15, -0.1) is 0 Å². The van der Waals surface area contributed by atoms with Gasteiger partial charge in [-0.2, -0.15) is 0 Å². The molecule has 1 heterocycles. The summed E-state index contributed by atoms with van der Waals surface area (Å²) in [6.07, 6.45) is 1.07. The Balaban J connectivity index is 2.02. The summed E-state index contributed by atoms with van der Waals surface area (Å²) in [4.78, 5) is 12.2. The maximum absolute atomic E-state index is 12.2. The summed E-state index contributed by atoms with van der Waals surface area (Å²) in [7, 11) is 1.58. The zero-order valence-corrected chi connectivity index (χ0v) is 12.4. The predicted molar refractivity (Wildman–Crippen MR) is 79.7 cm³/mol. The predicted octanol–water partition coefficient (Wildman–Crippen LogP) is 1.54. The second kappa shape index (κ2) is 7.28. The van der Waals surface area contributed by atoms with Crippen LogP contribution in [0.5, 0.6) is 11.5 Å². The Kier molecular flexibility index (Phi) is 5.41. The normalized spacial score (nSPS) is 21.1. The van der Waals surface area contributed by atoms with Crippen LogP contribution in [-0.4, -0.2) is 38.4 Å². The third-order valence-electron chi connectivity index (χ3n) is 3.39. The lowest BCUT2D eigenvalue weighted by atomic mass is 10.2. The van der Waals surface area contributed by atoms with Crippen LogP contribution in [0.25, 0.3) is 0 Å². The van der Waals surface area contributed by atoms with Crippen LogP contribution >= 0.6 is 0 Å². The smallest absolute Gasteiger partial charge is 0.253 e. The molecule has 1 aliphatic rings. The van der Waals surface area contributed by atoms with Crippen molar-refractivity contribution in [1.29, 1.82) is 0 Å². The summed E-state index contributed by atoms with van der Waals surface area (Å²) in [5, 5.41) is 2.84. The molecule has 3 N–H and O–H groups in total. The first kappa shape index (κ1) is 15.6. The van der Waals surface area contributed by atoms with Crippen molar-refractivity contribution in [3.8, 4) is 11.5 Å². The monoisotopic (exact) mass is 294 g/mol. The van der Waals surface area contributed by atoms with Crippen molar-refractivity contribution < 1.29 is 19.0 Å². The van der Waals surface area contributed by atoms with Crippen LogP contribution in [0.4, 0.5) is 5.69 Å². The third kappa shape index (κ3) is 3.86. The first-order valence-electron chi connectivity index (χ1n) is 7.15. The van der Waals surface area contributed by atoms with Gasteiger partial charge in [0.25, 0.3) is 5.91 Å². The van der Waals surface area contributed by atoms with E-state index in [9.17, 15) is 4.79 Å². The molecule has 0 aromatic heterocycles. The molecule has 6 nitrogen and oxygen atoms in total. The van der Waals surface area contributed by atoms with Crippen LogP contribution in [0, 0.1) is 0 Å². The van der Waals surface area contributed by atoms with E-state index in [0.29, 0.717) is 36.8 Å². The van der Waals surface area contributed by atoms with Crippen LogP contribution in [0.15, 0.2) is 18.2 Å². The lowest BCUT2D eigenvalue weighted by Crippen LogP contribution is -2.29. The molecule has 0 bridgehead atoms. The van der Waals surface area contributed by atoms with Gasteiger partial charge < -0.3 is 25.3 Å². The highest BCUT2D eigenvalue weighted by atomic mass is 16.5. The fourth-order valence-electron chi connectivity index (χ4n) is 2.32. The molecule has 0 unspecified atom stereocenters. The van der Waals surface area contributed by atoms with Crippen molar-refractivity contribution in [1.82, 2.24) is 0 Å². The summed E-state index contributed by atoms with van der Waals surface area (Å²) in [6.45, 7) is 2.86. The highest BCUT2D eigenvalue weighted by Crippen LogP contribution is 2.30. The fraction of sp³-hybridized carbons (Fsp3) is 0.533. The second-order valence-corrected chi connectivity index (χ2v) is 4.85. The molecule has 1 aromatic rings. The Labute approximate surface area is 124 Å². The first-order valence-corrected chi connectivity index (χ1v) is 7.15. The SMILES string of the molecule is CCOc1cc(NC(=O)[C@@H]2CC[C@H](CN)O2)ccc1OC. The van der Waals surface area contributed by atoms with Gasteiger partial charge in [0.2, 0.25) is 0 Å². The largest absolute Gasteiger partial charge is 0.493 e. The van der Waals surface area contributed by atoms with E-state index in [2.05, 4.69) is 5.32 Å². The van der Waals surface area contributed by atoms with Gasteiger partial charge in [0, 0.05) is 18.3 Å². The Morgan fingerprint density at radius 1 is 1.43 bits per heavy atom. The van der Waals surface area contributed by atoms with E-state index >= 15 is 0 Å². The number of anilines is 1. The standard InChI is InChI=1S/C15H22N2O4/c1-3-20-14-8-10(4-6-12(14)19-2)17-15(18)13-7-5-11(9-16)21-13/h4,6,8,11,13H,3,5,7,9,16H2,1-2H3,(H,17,18)/t11-,13+/m1/s1. The fourth-order valence-corrected chi connectivity index (χ4v) is 2.32. The number of ether oxygens (including phenoxy) is 3. The summed E-state index contributed by atoms with van der Waals surface area (Å²) in [6, 6.07) is 5.28. The van der Waals surface area contributed by atoms with E-state index in [1.807, 2.05) is 6.92 Å². The number of benzene rings is 1. The topological polar surface area (TPSA) is 82.8 Å². The molecule has 0 aliphatic carbocycles. The Morgan fingerprint density at radius 3 is 2.86 bits per heavy atom. The lowest BCUT2D eigenvalue weighted by molar-refractivity contribution is -0.126. The molecular formula is C15H22N2O4. The summed E-state index contributed by atoms with van der Waals surface area (Å²) in [5.74, 6) is 1.08. The van der Waals surface area contributed by atoms with Gasteiger partial charge >= 0.3 is 0 Å². The Hall–Kier alpha value is -1.79. The Bertz CT molecular complexity index is 493. The third-order valence-corrected chi connectivity index (χ3v) is 3.39. The number of methoxy groups -OCH3 is 1. The molecular weight excluding hydrogens is 272 g/mol. The molecule has 1 amide bonds.